The number of rotatable bonds is 6. The average Bonchev–Trinajstić information content (AvgIpc) is 3.14. The quantitative estimate of drug-likeness (QED) is 0.725. The molecule has 3 aromatic rings. The van der Waals surface area contributed by atoms with Gasteiger partial charge in [-0.15, -0.1) is 0 Å². The van der Waals surface area contributed by atoms with E-state index in [9.17, 15) is 4.79 Å². The minimum atomic E-state index is -0.266. The van der Waals surface area contributed by atoms with Gasteiger partial charge in [-0.05, 0) is 48.5 Å². The summed E-state index contributed by atoms with van der Waals surface area (Å²) in [5.74, 6) is 1.30. The van der Waals surface area contributed by atoms with Crippen LogP contribution in [0, 0.1) is 0 Å². The molecule has 2 aromatic heterocycles. The topological polar surface area (TPSA) is 76.4 Å². The second-order valence-corrected chi connectivity index (χ2v) is 5.05. The first-order valence-corrected chi connectivity index (χ1v) is 7.42. The Morgan fingerprint density at radius 3 is 2.54 bits per heavy atom. The van der Waals surface area contributed by atoms with E-state index in [0.717, 1.165) is 17.2 Å². The highest BCUT2D eigenvalue weighted by Gasteiger charge is 2.08. The molecule has 2 N–H and O–H groups in total. The molecule has 0 radical (unpaired) electrons. The summed E-state index contributed by atoms with van der Waals surface area (Å²) in [6.45, 7) is 0.562. The molecule has 1 amide bonds. The number of methoxy groups -OCH3 is 1. The lowest BCUT2D eigenvalue weighted by atomic mass is 10.2. The number of benzene rings is 1. The number of carbonyl (C=O) groups excluding carboxylic acids is 1. The van der Waals surface area contributed by atoms with Crippen molar-refractivity contribution in [3.8, 4) is 5.75 Å². The third-order valence-corrected chi connectivity index (χ3v) is 3.39. The van der Waals surface area contributed by atoms with Crippen LogP contribution in [0.1, 0.15) is 16.2 Å². The molecule has 6 heteroatoms. The van der Waals surface area contributed by atoms with Crippen LogP contribution >= 0.6 is 0 Å². The summed E-state index contributed by atoms with van der Waals surface area (Å²) in [5, 5.41) is 5.96. The van der Waals surface area contributed by atoms with Crippen LogP contribution in [0.3, 0.4) is 0 Å². The standard InChI is InChI=1S/C18H17N3O3/c1-23-15-7-4-13(5-8-15)21-18(22)17-9-6-14(11-20-17)19-12-16-3-2-10-24-16/h2-11,19H,12H2,1H3,(H,21,22). The fourth-order valence-corrected chi connectivity index (χ4v) is 2.10. The maximum Gasteiger partial charge on any atom is 0.274 e. The van der Waals surface area contributed by atoms with E-state index in [1.54, 1.807) is 56.0 Å². The van der Waals surface area contributed by atoms with Gasteiger partial charge in [0.25, 0.3) is 5.91 Å². The fourth-order valence-electron chi connectivity index (χ4n) is 2.10. The Hall–Kier alpha value is -3.28. The number of furan rings is 1. The Bertz CT molecular complexity index is 781. The van der Waals surface area contributed by atoms with Gasteiger partial charge in [0.2, 0.25) is 0 Å². The minimum Gasteiger partial charge on any atom is -0.497 e. The van der Waals surface area contributed by atoms with Gasteiger partial charge in [0.1, 0.15) is 17.2 Å². The monoisotopic (exact) mass is 323 g/mol. The molecular weight excluding hydrogens is 306 g/mol. The average molecular weight is 323 g/mol. The van der Waals surface area contributed by atoms with Crippen LogP contribution in [0.25, 0.3) is 0 Å². The van der Waals surface area contributed by atoms with Crippen LogP contribution in [0.2, 0.25) is 0 Å². The van der Waals surface area contributed by atoms with E-state index in [4.69, 9.17) is 9.15 Å². The lowest BCUT2D eigenvalue weighted by Gasteiger charge is -2.07. The molecule has 24 heavy (non-hydrogen) atoms. The van der Waals surface area contributed by atoms with Crippen LogP contribution in [0.4, 0.5) is 11.4 Å². The summed E-state index contributed by atoms with van der Waals surface area (Å²) in [7, 11) is 1.60. The number of anilines is 2. The number of aromatic nitrogens is 1. The van der Waals surface area contributed by atoms with E-state index < -0.39 is 0 Å². The molecule has 0 aliphatic carbocycles. The molecule has 0 aliphatic heterocycles. The predicted molar refractivity (Wildman–Crippen MR) is 91.2 cm³/mol. The summed E-state index contributed by atoms with van der Waals surface area (Å²) in [5.41, 5.74) is 1.84. The van der Waals surface area contributed by atoms with Crippen LogP contribution in [-0.2, 0) is 6.54 Å². The zero-order valence-electron chi connectivity index (χ0n) is 13.2. The van der Waals surface area contributed by atoms with Gasteiger partial charge in [0.15, 0.2) is 0 Å². The van der Waals surface area contributed by atoms with Gasteiger partial charge in [0.05, 0.1) is 31.8 Å². The number of carbonyl (C=O) groups is 1. The van der Waals surface area contributed by atoms with Crippen molar-refractivity contribution in [1.82, 2.24) is 4.98 Å². The molecule has 1 aromatic carbocycles. The molecule has 0 unspecified atom stereocenters. The maximum atomic E-state index is 12.2. The molecule has 3 rings (SSSR count). The van der Waals surface area contributed by atoms with Crippen molar-refractivity contribution >= 4 is 17.3 Å². The first-order chi connectivity index (χ1) is 11.7. The molecule has 0 bridgehead atoms. The van der Waals surface area contributed by atoms with E-state index in [-0.39, 0.29) is 5.91 Å². The van der Waals surface area contributed by atoms with Gasteiger partial charge < -0.3 is 19.8 Å². The number of nitrogens with one attached hydrogen (secondary N) is 2. The predicted octanol–water partition coefficient (Wildman–Crippen LogP) is 3.55. The SMILES string of the molecule is COc1ccc(NC(=O)c2ccc(NCc3ccco3)cn2)cc1. The van der Waals surface area contributed by atoms with Gasteiger partial charge in [-0.3, -0.25) is 4.79 Å². The Kier molecular flexibility index (Phi) is 4.76. The first kappa shape index (κ1) is 15.6. The smallest absolute Gasteiger partial charge is 0.274 e. The largest absolute Gasteiger partial charge is 0.497 e. The zero-order valence-corrected chi connectivity index (χ0v) is 13.2. The second-order valence-electron chi connectivity index (χ2n) is 5.05. The van der Waals surface area contributed by atoms with E-state index in [2.05, 4.69) is 15.6 Å². The van der Waals surface area contributed by atoms with E-state index in [1.165, 1.54) is 0 Å². The molecule has 0 saturated carbocycles. The molecule has 2 heterocycles. The number of nitrogens with zero attached hydrogens (tertiary/aromatic N) is 1. The molecule has 6 nitrogen and oxygen atoms in total. The van der Waals surface area contributed by atoms with Crippen molar-refractivity contribution in [3.05, 3.63) is 72.4 Å². The summed E-state index contributed by atoms with van der Waals surface area (Å²) in [6, 6.07) is 14.3. The number of hydrogen-bond donors (Lipinski definition) is 2. The summed E-state index contributed by atoms with van der Waals surface area (Å²) in [4.78, 5) is 16.4. The zero-order chi connectivity index (χ0) is 16.8. The first-order valence-electron chi connectivity index (χ1n) is 7.42. The summed E-state index contributed by atoms with van der Waals surface area (Å²) in [6.07, 6.45) is 3.24. The molecular formula is C18H17N3O3. The third kappa shape index (κ3) is 3.92. The van der Waals surface area contributed by atoms with Crippen molar-refractivity contribution in [1.29, 1.82) is 0 Å². The third-order valence-electron chi connectivity index (χ3n) is 3.39. The number of amides is 1. The van der Waals surface area contributed by atoms with Crippen molar-refractivity contribution in [2.24, 2.45) is 0 Å². The second kappa shape index (κ2) is 7.32. The Morgan fingerprint density at radius 2 is 1.92 bits per heavy atom. The maximum absolute atomic E-state index is 12.2. The van der Waals surface area contributed by atoms with Gasteiger partial charge in [-0.25, -0.2) is 4.98 Å². The van der Waals surface area contributed by atoms with E-state index >= 15 is 0 Å². The normalized spacial score (nSPS) is 10.2. The van der Waals surface area contributed by atoms with Gasteiger partial charge in [-0.1, -0.05) is 0 Å². The van der Waals surface area contributed by atoms with E-state index in [1.807, 2.05) is 12.1 Å². The van der Waals surface area contributed by atoms with Crippen LogP contribution in [0.15, 0.2) is 65.4 Å². The fraction of sp³-hybridized carbons (Fsp3) is 0.111. The number of hydrogen-bond acceptors (Lipinski definition) is 5. The van der Waals surface area contributed by atoms with Crippen LogP contribution < -0.4 is 15.4 Å². The summed E-state index contributed by atoms with van der Waals surface area (Å²) < 4.78 is 10.3. The van der Waals surface area contributed by atoms with Crippen LogP contribution in [-0.4, -0.2) is 18.0 Å². The van der Waals surface area contributed by atoms with E-state index in [0.29, 0.717) is 17.9 Å². The Labute approximate surface area is 139 Å². The van der Waals surface area contributed by atoms with Crippen molar-refractivity contribution in [2.75, 3.05) is 17.7 Å². The molecule has 0 fully saturated rings. The Balaban J connectivity index is 1.58. The van der Waals surface area contributed by atoms with Crippen LogP contribution in [0.5, 0.6) is 5.75 Å². The van der Waals surface area contributed by atoms with Gasteiger partial charge in [0, 0.05) is 5.69 Å². The lowest BCUT2D eigenvalue weighted by Crippen LogP contribution is -2.13. The highest BCUT2D eigenvalue weighted by Crippen LogP contribution is 2.16. The van der Waals surface area contributed by atoms with Gasteiger partial charge >= 0.3 is 0 Å². The lowest BCUT2D eigenvalue weighted by molar-refractivity contribution is 0.102. The number of ether oxygens (including phenoxy) is 1. The molecule has 0 spiro atoms. The van der Waals surface area contributed by atoms with Crippen molar-refractivity contribution in [2.45, 2.75) is 6.54 Å². The van der Waals surface area contributed by atoms with Crippen molar-refractivity contribution in [3.63, 3.8) is 0 Å². The Morgan fingerprint density at radius 1 is 1.12 bits per heavy atom. The minimum absolute atomic E-state index is 0.266. The molecule has 0 atom stereocenters. The summed E-state index contributed by atoms with van der Waals surface area (Å²) >= 11 is 0. The molecule has 0 aliphatic rings. The van der Waals surface area contributed by atoms with Gasteiger partial charge in [-0.2, -0.15) is 0 Å². The molecule has 122 valence electrons. The molecule has 0 saturated heterocycles. The highest BCUT2D eigenvalue weighted by molar-refractivity contribution is 6.02. The highest BCUT2D eigenvalue weighted by atomic mass is 16.5. The number of pyridine rings is 1. The van der Waals surface area contributed by atoms with Crippen molar-refractivity contribution < 1.29 is 13.9 Å².